The second kappa shape index (κ2) is 8.43. The van der Waals surface area contributed by atoms with Crippen LogP contribution in [0.4, 0.5) is 0 Å². The number of rotatable bonds is 7. The van der Waals surface area contributed by atoms with Crippen LogP contribution in [-0.2, 0) is 14.9 Å². The minimum absolute atomic E-state index is 0.339. The molecule has 2 aliphatic heterocycles. The molecule has 2 N–H and O–H groups in total. The van der Waals surface area contributed by atoms with Crippen LogP contribution in [0.15, 0.2) is 0 Å². The summed E-state index contributed by atoms with van der Waals surface area (Å²) in [6.07, 6.45) is 5.25. The smallest absolute Gasteiger partial charge is 0.279 e. The third-order valence-corrected chi connectivity index (χ3v) is 5.79. The lowest BCUT2D eigenvalue weighted by Gasteiger charge is -2.30. The van der Waals surface area contributed by atoms with Crippen LogP contribution < -0.4 is 10.0 Å². The van der Waals surface area contributed by atoms with Gasteiger partial charge < -0.3 is 10.1 Å². The quantitative estimate of drug-likeness (QED) is 0.678. The predicted octanol–water partition coefficient (Wildman–Crippen LogP) is 0.711. The van der Waals surface area contributed by atoms with Crippen molar-refractivity contribution in [1.82, 2.24) is 14.3 Å². The zero-order valence-corrected chi connectivity index (χ0v) is 13.8. The SMILES string of the molecule is CC1CCCN(S(=O)(=O)NCCCOC2CCNCC2)C1. The maximum atomic E-state index is 12.2. The molecular weight excluding hydrogens is 290 g/mol. The van der Waals surface area contributed by atoms with Crippen LogP contribution in [0.1, 0.15) is 39.0 Å². The molecule has 0 bridgehead atoms. The molecule has 7 heteroatoms. The van der Waals surface area contributed by atoms with E-state index in [9.17, 15) is 8.42 Å². The fourth-order valence-electron chi connectivity index (χ4n) is 2.94. The first-order chi connectivity index (χ1) is 10.1. The van der Waals surface area contributed by atoms with Crippen molar-refractivity contribution < 1.29 is 13.2 Å². The predicted molar refractivity (Wildman–Crippen MR) is 83.4 cm³/mol. The van der Waals surface area contributed by atoms with Crippen molar-refractivity contribution in [3.63, 3.8) is 0 Å². The molecule has 21 heavy (non-hydrogen) atoms. The van der Waals surface area contributed by atoms with Gasteiger partial charge in [0.25, 0.3) is 10.2 Å². The number of ether oxygens (including phenoxy) is 1. The van der Waals surface area contributed by atoms with E-state index in [1.165, 1.54) is 0 Å². The average molecular weight is 319 g/mol. The van der Waals surface area contributed by atoms with Crippen LogP contribution in [0.2, 0.25) is 0 Å². The first-order valence-electron chi connectivity index (χ1n) is 8.15. The van der Waals surface area contributed by atoms with Crippen molar-refractivity contribution in [2.45, 2.75) is 45.1 Å². The van der Waals surface area contributed by atoms with Crippen LogP contribution in [0, 0.1) is 5.92 Å². The highest BCUT2D eigenvalue weighted by atomic mass is 32.2. The second-order valence-electron chi connectivity index (χ2n) is 6.18. The van der Waals surface area contributed by atoms with Gasteiger partial charge in [-0.25, -0.2) is 4.72 Å². The lowest BCUT2D eigenvalue weighted by Crippen LogP contribution is -2.45. The summed E-state index contributed by atoms with van der Waals surface area (Å²) >= 11 is 0. The minimum atomic E-state index is -3.30. The summed E-state index contributed by atoms with van der Waals surface area (Å²) in [7, 11) is -3.30. The maximum Gasteiger partial charge on any atom is 0.279 e. The van der Waals surface area contributed by atoms with Crippen LogP contribution in [0.5, 0.6) is 0 Å². The molecule has 0 spiro atoms. The molecule has 2 rings (SSSR count). The van der Waals surface area contributed by atoms with Gasteiger partial charge in [0.2, 0.25) is 0 Å². The van der Waals surface area contributed by atoms with E-state index >= 15 is 0 Å². The zero-order valence-electron chi connectivity index (χ0n) is 13.0. The molecule has 2 saturated heterocycles. The first-order valence-corrected chi connectivity index (χ1v) is 9.59. The lowest BCUT2D eigenvalue weighted by atomic mass is 10.0. The third-order valence-electron chi connectivity index (χ3n) is 4.20. The molecule has 0 aromatic carbocycles. The Bertz CT molecular complexity index is 396. The van der Waals surface area contributed by atoms with E-state index in [0.717, 1.165) is 45.2 Å². The van der Waals surface area contributed by atoms with E-state index in [-0.39, 0.29) is 0 Å². The third kappa shape index (κ3) is 5.83. The summed E-state index contributed by atoms with van der Waals surface area (Å²) in [5.41, 5.74) is 0. The number of piperidine rings is 2. The van der Waals surface area contributed by atoms with Crippen LogP contribution in [0.25, 0.3) is 0 Å². The van der Waals surface area contributed by atoms with Crippen molar-refractivity contribution in [1.29, 1.82) is 0 Å². The summed E-state index contributed by atoms with van der Waals surface area (Å²) in [6, 6.07) is 0. The molecule has 0 radical (unpaired) electrons. The van der Waals surface area contributed by atoms with Crippen molar-refractivity contribution in [2.75, 3.05) is 39.3 Å². The molecule has 0 saturated carbocycles. The Morgan fingerprint density at radius 3 is 2.76 bits per heavy atom. The van der Waals surface area contributed by atoms with Gasteiger partial charge in [-0.15, -0.1) is 0 Å². The molecule has 1 atom stereocenters. The molecular formula is C14H29N3O3S. The van der Waals surface area contributed by atoms with Gasteiger partial charge in [0, 0.05) is 26.2 Å². The van der Waals surface area contributed by atoms with E-state index in [4.69, 9.17) is 4.74 Å². The van der Waals surface area contributed by atoms with Crippen molar-refractivity contribution in [3.8, 4) is 0 Å². The Kier molecular flexibility index (Phi) is 6.88. The molecule has 2 fully saturated rings. The Balaban J connectivity index is 1.60. The highest BCUT2D eigenvalue weighted by Gasteiger charge is 2.26. The van der Waals surface area contributed by atoms with E-state index in [1.54, 1.807) is 4.31 Å². The van der Waals surface area contributed by atoms with Crippen LogP contribution in [-0.4, -0.2) is 58.2 Å². The molecule has 0 amide bonds. The van der Waals surface area contributed by atoms with Crippen molar-refractivity contribution in [2.24, 2.45) is 5.92 Å². The molecule has 0 aromatic rings. The van der Waals surface area contributed by atoms with Crippen LogP contribution >= 0.6 is 0 Å². The fourth-order valence-corrected chi connectivity index (χ4v) is 4.35. The Morgan fingerprint density at radius 2 is 2.05 bits per heavy atom. The molecule has 2 heterocycles. The number of hydrogen-bond donors (Lipinski definition) is 2. The Morgan fingerprint density at radius 1 is 1.29 bits per heavy atom. The second-order valence-corrected chi connectivity index (χ2v) is 7.93. The van der Waals surface area contributed by atoms with Gasteiger partial charge >= 0.3 is 0 Å². The highest BCUT2D eigenvalue weighted by molar-refractivity contribution is 7.87. The maximum absolute atomic E-state index is 12.2. The summed E-state index contributed by atoms with van der Waals surface area (Å²) in [6.45, 7) is 6.51. The van der Waals surface area contributed by atoms with Crippen molar-refractivity contribution >= 4 is 10.2 Å². The zero-order chi connectivity index (χ0) is 15.1. The van der Waals surface area contributed by atoms with Crippen molar-refractivity contribution in [3.05, 3.63) is 0 Å². The first kappa shape index (κ1) is 17.1. The average Bonchev–Trinajstić information content (AvgIpc) is 2.48. The van der Waals surface area contributed by atoms with E-state index in [0.29, 0.717) is 38.3 Å². The molecule has 0 aliphatic carbocycles. The highest BCUT2D eigenvalue weighted by Crippen LogP contribution is 2.17. The summed E-state index contributed by atoms with van der Waals surface area (Å²) < 4.78 is 34.4. The number of nitrogens with one attached hydrogen (secondary N) is 2. The Hall–Kier alpha value is -0.210. The molecule has 6 nitrogen and oxygen atoms in total. The van der Waals surface area contributed by atoms with Gasteiger partial charge in [-0.3, -0.25) is 0 Å². The van der Waals surface area contributed by atoms with Gasteiger partial charge in [0.05, 0.1) is 6.10 Å². The van der Waals surface area contributed by atoms with Gasteiger partial charge in [0.1, 0.15) is 0 Å². The van der Waals surface area contributed by atoms with Gasteiger partial charge in [0.15, 0.2) is 0 Å². The molecule has 1 unspecified atom stereocenters. The summed E-state index contributed by atoms with van der Waals surface area (Å²) in [4.78, 5) is 0. The van der Waals surface area contributed by atoms with Gasteiger partial charge in [-0.1, -0.05) is 6.92 Å². The summed E-state index contributed by atoms with van der Waals surface area (Å²) in [5, 5.41) is 3.30. The number of nitrogens with zero attached hydrogens (tertiary/aromatic N) is 1. The minimum Gasteiger partial charge on any atom is -0.378 e. The summed E-state index contributed by atoms with van der Waals surface area (Å²) in [5.74, 6) is 0.457. The standard InChI is InChI=1S/C14H29N3O3S/c1-13-4-2-10-17(12-13)21(18,19)16-7-3-11-20-14-5-8-15-9-6-14/h13-16H,2-12H2,1H3. The van der Waals surface area contributed by atoms with Gasteiger partial charge in [-0.2, -0.15) is 12.7 Å². The molecule has 2 aliphatic rings. The number of hydrogen-bond acceptors (Lipinski definition) is 4. The van der Waals surface area contributed by atoms with Crippen LogP contribution in [0.3, 0.4) is 0 Å². The monoisotopic (exact) mass is 319 g/mol. The van der Waals surface area contributed by atoms with Gasteiger partial charge in [-0.05, 0) is 51.1 Å². The lowest BCUT2D eigenvalue weighted by molar-refractivity contribution is 0.0322. The molecule has 124 valence electrons. The van der Waals surface area contributed by atoms with E-state index in [2.05, 4.69) is 17.0 Å². The normalized spacial score (nSPS) is 26.0. The Labute approximate surface area is 128 Å². The fraction of sp³-hybridized carbons (Fsp3) is 1.00. The topological polar surface area (TPSA) is 70.7 Å². The van der Waals surface area contributed by atoms with E-state index < -0.39 is 10.2 Å². The molecule has 0 aromatic heterocycles. The van der Waals surface area contributed by atoms with E-state index in [1.807, 2.05) is 0 Å². The largest absolute Gasteiger partial charge is 0.378 e.